The Bertz CT molecular complexity index is 633. The third kappa shape index (κ3) is 5.56. The summed E-state index contributed by atoms with van der Waals surface area (Å²) >= 11 is 0. The fourth-order valence-corrected chi connectivity index (χ4v) is 2.83. The number of hydrogen-bond acceptors (Lipinski definition) is 4. The molecule has 0 radical (unpaired) electrons. The third-order valence-corrected chi connectivity index (χ3v) is 4.09. The van der Waals surface area contributed by atoms with Gasteiger partial charge in [-0.25, -0.2) is 0 Å². The fraction of sp³-hybridized carbons (Fsp3) is 0.500. The zero-order valence-electron chi connectivity index (χ0n) is 14.8. The lowest BCUT2D eigenvalue weighted by molar-refractivity contribution is -0.132. The lowest BCUT2D eigenvalue weighted by Gasteiger charge is -2.22. The summed E-state index contributed by atoms with van der Waals surface area (Å²) in [6.45, 7) is 4.13. The summed E-state index contributed by atoms with van der Waals surface area (Å²) in [4.78, 5) is 39.6. The molecule has 1 aliphatic heterocycles. The molecule has 136 valence electrons. The normalized spacial score (nSPS) is 14.8. The third-order valence-electron chi connectivity index (χ3n) is 4.09. The van der Waals surface area contributed by atoms with E-state index in [0.717, 1.165) is 6.42 Å². The summed E-state index contributed by atoms with van der Waals surface area (Å²) in [6, 6.07) is 6.91. The number of carbonyl (C=O) groups is 3. The SMILES string of the molecule is COCCC(=O)N1CCCN(C(=O)c2cccc(NC(C)=O)c2)CC1. The van der Waals surface area contributed by atoms with Crippen molar-refractivity contribution in [2.45, 2.75) is 19.8 Å². The summed E-state index contributed by atoms with van der Waals surface area (Å²) in [7, 11) is 1.57. The van der Waals surface area contributed by atoms with E-state index in [1.807, 2.05) is 0 Å². The van der Waals surface area contributed by atoms with Gasteiger partial charge in [0.15, 0.2) is 0 Å². The van der Waals surface area contributed by atoms with Gasteiger partial charge in [0.2, 0.25) is 11.8 Å². The monoisotopic (exact) mass is 347 g/mol. The van der Waals surface area contributed by atoms with E-state index in [2.05, 4.69) is 5.32 Å². The maximum absolute atomic E-state index is 12.7. The van der Waals surface area contributed by atoms with Gasteiger partial charge in [0.25, 0.3) is 5.91 Å². The van der Waals surface area contributed by atoms with Crippen molar-refractivity contribution < 1.29 is 19.1 Å². The summed E-state index contributed by atoms with van der Waals surface area (Å²) in [6.07, 6.45) is 1.11. The standard InChI is InChI=1S/C18H25N3O4/c1-14(22)19-16-6-3-5-15(13-16)18(24)21-9-4-8-20(10-11-21)17(23)7-12-25-2/h3,5-6,13H,4,7-12H2,1-2H3,(H,19,22). The molecule has 1 aliphatic rings. The van der Waals surface area contributed by atoms with Gasteiger partial charge in [0, 0.05) is 51.5 Å². The predicted octanol–water partition coefficient (Wildman–Crippen LogP) is 1.36. The maximum Gasteiger partial charge on any atom is 0.253 e. The number of rotatable bonds is 5. The lowest BCUT2D eigenvalue weighted by Crippen LogP contribution is -2.37. The number of carbonyl (C=O) groups excluding carboxylic acids is 3. The van der Waals surface area contributed by atoms with Crippen LogP contribution in [0.4, 0.5) is 5.69 Å². The largest absolute Gasteiger partial charge is 0.384 e. The van der Waals surface area contributed by atoms with Gasteiger partial charge in [0.1, 0.15) is 0 Å². The molecular weight excluding hydrogens is 322 g/mol. The highest BCUT2D eigenvalue weighted by molar-refractivity contribution is 5.96. The van der Waals surface area contributed by atoms with Crippen molar-refractivity contribution >= 4 is 23.4 Å². The van der Waals surface area contributed by atoms with Crippen molar-refractivity contribution in [3.05, 3.63) is 29.8 Å². The van der Waals surface area contributed by atoms with Gasteiger partial charge in [-0.15, -0.1) is 0 Å². The zero-order chi connectivity index (χ0) is 18.2. The number of nitrogens with one attached hydrogen (secondary N) is 1. The highest BCUT2D eigenvalue weighted by Crippen LogP contribution is 2.14. The Labute approximate surface area is 147 Å². The minimum atomic E-state index is -0.176. The molecule has 0 unspecified atom stereocenters. The van der Waals surface area contributed by atoms with E-state index < -0.39 is 0 Å². The van der Waals surface area contributed by atoms with Crippen LogP contribution in [0.5, 0.6) is 0 Å². The summed E-state index contributed by atoms with van der Waals surface area (Å²) in [5.74, 6) is -0.202. The van der Waals surface area contributed by atoms with Crippen LogP contribution >= 0.6 is 0 Å². The molecule has 25 heavy (non-hydrogen) atoms. The molecule has 1 aromatic carbocycles. The van der Waals surface area contributed by atoms with Gasteiger partial charge >= 0.3 is 0 Å². The number of anilines is 1. The second-order valence-corrected chi connectivity index (χ2v) is 6.03. The molecule has 0 spiro atoms. The number of nitrogens with zero attached hydrogens (tertiary/aromatic N) is 2. The molecule has 1 fully saturated rings. The first kappa shape index (κ1) is 18.9. The van der Waals surface area contributed by atoms with Crippen molar-refractivity contribution in [1.82, 2.24) is 9.80 Å². The minimum absolute atomic E-state index is 0.0591. The first-order valence-electron chi connectivity index (χ1n) is 8.45. The highest BCUT2D eigenvalue weighted by Gasteiger charge is 2.22. The fourth-order valence-electron chi connectivity index (χ4n) is 2.83. The van der Waals surface area contributed by atoms with Gasteiger partial charge in [-0.2, -0.15) is 0 Å². The molecule has 0 saturated carbocycles. The van der Waals surface area contributed by atoms with E-state index in [9.17, 15) is 14.4 Å². The molecule has 0 aromatic heterocycles. The van der Waals surface area contributed by atoms with Crippen molar-refractivity contribution in [3.63, 3.8) is 0 Å². The zero-order valence-corrected chi connectivity index (χ0v) is 14.8. The maximum atomic E-state index is 12.7. The molecule has 7 nitrogen and oxygen atoms in total. The van der Waals surface area contributed by atoms with Crippen LogP contribution in [0.25, 0.3) is 0 Å². The van der Waals surface area contributed by atoms with Crippen molar-refractivity contribution in [1.29, 1.82) is 0 Å². The topological polar surface area (TPSA) is 79.0 Å². The average molecular weight is 347 g/mol. The average Bonchev–Trinajstić information content (AvgIpc) is 2.85. The molecule has 1 N–H and O–H groups in total. The molecule has 1 aromatic rings. The van der Waals surface area contributed by atoms with Crippen LogP contribution in [0.15, 0.2) is 24.3 Å². The van der Waals surface area contributed by atoms with Gasteiger partial charge in [-0.3, -0.25) is 14.4 Å². The molecule has 0 bridgehead atoms. The molecule has 0 atom stereocenters. The number of ether oxygens (including phenoxy) is 1. The van der Waals surface area contributed by atoms with Crippen molar-refractivity contribution in [2.75, 3.05) is 45.2 Å². The molecule has 1 saturated heterocycles. The van der Waals surface area contributed by atoms with Gasteiger partial charge in [-0.1, -0.05) is 6.07 Å². The van der Waals surface area contributed by atoms with Crippen molar-refractivity contribution in [3.8, 4) is 0 Å². The van der Waals surface area contributed by atoms with Crippen LogP contribution < -0.4 is 5.32 Å². The quantitative estimate of drug-likeness (QED) is 0.872. The minimum Gasteiger partial charge on any atom is -0.384 e. The Morgan fingerprint density at radius 1 is 1.12 bits per heavy atom. The Hall–Kier alpha value is -2.41. The van der Waals surface area contributed by atoms with E-state index in [1.165, 1.54) is 6.92 Å². The Morgan fingerprint density at radius 2 is 1.84 bits per heavy atom. The van der Waals surface area contributed by atoms with Crippen LogP contribution in [-0.2, 0) is 14.3 Å². The lowest BCUT2D eigenvalue weighted by atomic mass is 10.1. The van der Waals surface area contributed by atoms with Gasteiger partial charge in [0.05, 0.1) is 13.0 Å². The second kappa shape index (κ2) is 9.17. The first-order valence-corrected chi connectivity index (χ1v) is 8.45. The predicted molar refractivity (Wildman–Crippen MR) is 94.3 cm³/mol. The first-order chi connectivity index (χ1) is 12.0. The molecule has 2 rings (SSSR count). The Morgan fingerprint density at radius 3 is 2.56 bits per heavy atom. The highest BCUT2D eigenvalue weighted by atomic mass is 16.5. The molecular formula is C18H25N3O4. The van der Waals surface area contributed by atoms with E-state index >= 15 is 0 Å². The Kier molecular flexibility index (Phi) is 6.94. The van der Waals surface area contributed by atoms with Crippen molar-refractivity contribution in [2.24, 2.45) is 0 Å². The molecule has 1 heterocycles. The van der Waals surface area contributed by atoms with E-state index in [1.54, 1.807) is 41.2 Å². The molecule has 0 aliphatic carbocycles. The second-order valence-electron chi connectivity index (χ2n) is 6.03. The molecule has 3 amide bonds. The number of benzene rings is 1. The Balaban J connectivity index is 1.98. The smallest absolute Gasteiger partial charge is 0.253 e. The van der Waals surface area contributed by atoms with Crippen LogP contribution in [0, 0.1) is 0 Å². The van der Waals surface area contributed by atoms with E-state index in [0.29, 0.717) is 50.5 Å². The molecule has 7 heteroatoms. The van der Waals surface area contributed by atoms with E-state index in [4.69, 9.17) is 4.74 Å². The number of methoxy groups -OCH3 is 1. The van der Waals surface area contributed by atoms with Gasteiger partial charge < -0.3 is 19.9 Å². The number of hydrogen-bond donors (Lipinski definition) is 1. The number of amides is 3. The van der Waals surface area contributed by atoms with Crippen LogP contribution in [0.3, 0.4) is 0 Å². The summed E-state index contributed by atoms with van der Waals surface area (Å²) in [5, 5.41) is 2.68. The van der Waals surface area contributed by atoms with Crippen LogP contribution in [-0.4, -0.2) is 67.4 Å². The van der Waals surface area contributed by atoms with Crippen LogP contribution in [0.2, 0.25) is 0 Å². The van der Waals surface area contributed by atoms with Crippen LogP contribution in [0.1, 0.15) is 30.1 Å². The van der Waals surface area contributed by atoms with Gasteiger partial charge in [-0.05, 0) is 24.6 Å². The summed E-state index contributed by atoms with van der Waals surface area (Å²) < 4.78 is 4.95. The van der Waals surface area contributed by atoms with E-state index in [-0.39, 0.29) is 17.7 Å². The summed E-state index contributed by atoms with van der Waals surface area (Å²) in [5.41, 5.74) is 1.13.